The van der Waals surface area contributed by atoms with Crippen LogP contribution in [0.2, 0.25) is 0 Å². The van der Waals surface area contributed by atoms with Crippen LogP contribution in [-0.2, 0) is 0 Å². The Balaban J connectivity index is 2.41. The Bertz CT molecular complexity index is 299. The van der Waals surface area contributed by atoms with E-state index in [1.165, 1.54) is 19.3 Å². The third-order valence-corrected chi connectivity index (χ3v) is 2.16. The Kier molecular flexibility index (Phi) is 5.61. The van der Waals surface area contributed by atoms with Crippen LogP contribution in [0.3, 0.4) is 0 Å². The molecule has 0 fully saturated rings. The van der Waals surface area contributed by atoms with E-state index in [0.717, 1.165) is 12.4 Å². The van der Waals surface area contributed by atoms with Crippen molar-refractivity contribution in [1.29, 1.82) is 0 Å². The fourth-order valence-electron chi connectivity index (χ4n) is 1.40. The van der Waals surface area contributed by atoms with Gasteiger partial charge in [0, 0.05) is 18.8 Å². The number of anilines is 2. The monoisotopic (exact) mass is 222 g/mol. The molecule has 4 nitrogen and oxygen atoms in total. The molecule has 0 amide bonds. The molecule has 4 heteroatoms. The van der Waals surface area contributed by atoms with E-state index < -0.39 is 0 Å². The van der Waals surface area contributed by atoms with Crippen LogP contribution in [0, 0.1) is 0 Å². The van der Waals surface area contributed by atoms with E-state index in [4.69, 9.17) is 0 Å². The Labute approximate surface area is 97.9 Å². The quantitative estimate of drug-likeness (QED) is 0.696. The van der Waals surface area contributed by atoms with Crippen molar-refractivity contribution in [3.63, 3.8) is 0 Å². The second-order valence-corrected chi connectivity index (χ2v) is 4.20. The van der Waals surface area contributed by atoms with E-state index in [1.807, 2.05) is 6.07 Å². The van der Waals surface area contributed by atoms with Crippen molar-refractivity contribution in [2.45, 2.75) is 46.1 Å². The van der Waals surface area contributed by atoms with Gasteiger partial charge < -0.3 is 10.6 Å². The molecule has 0 saturated heterocycles. The lowest BCUT2D eigenvalue weighted by molar-refractivity contribution is 0.740. The standard InChI is InChI=1S/C12H22N4/c1-4-5-6-8-13-12-14-9-7-11(16-12)15-10(2)3/h7,9-10H,4-6,8H2,1-3H3,(H2,13,14,15,16). The summed E-state index contributed by atoms with van der Waals surface area (Å²) >= 11 is 0. The first kappa shape index (κ1) is 12.7. The van der Waals surface area contributed by atoms with E-state index >= 15 is 0 Å². The van der Waals surface area contributed by atoms with E-state index in [1.54, 1.807) is 6.20 Å². The van der Waals surface area contributed by atoms with Gasteiger partial charge in [0.1, 0.15) is 5.82 Å². The van der Waals surface area contributed by atoms with Crippen LogP contribution in [0.15, 0.2) is 12.3 Å². The zero-order valence-corrected chi connectivity index (χ0v) is 10.5. The molecule has 90 valence electrons. The maximum atomic E-state index is 4.38. The molecule has 0 radical (unpaired) electrons. The maximum Gasteiger partial charge on any atom is 0.224 e. The van der Waals surface area contributed by atoms with E-state index in [2.05, 4.69) is 41.4 Å². The van der Waals surface area contributed by atoms with Crippen molar-refractivity contribution < 1.29 is 0 Å². The van der Waals surface area contributed by atoms with Crippen LogP contribution in [0.4, 0.5) is 11.8 Å². The lowest BCUT2D eigenvalue weighted by Crippen LogP contribution is -2.12. The molecule has 1 aromatic rings. The van der Waals surface area contributed by atoms with Gasteiger partial charge in [-0.05, 0) is 26.3 Å². The Morgan fingerprint density at radius 2 is 2.12 bits per heavy atom. The zero-order chi connectivity index (χ0) is 11.8. The topological polar surface area (TPSA) is 49.8 Å². The molecule has 0 aromatic carbocycles. The molecule has 0 aliphatic carbocycles. The van der Waals surface area contributed by atoms with Crippen molar-refractivity contribution in [3.8, 4) is 0 Å². The van der Waals surface area contributed by atoms with Gasteiger partial charge in [-0.1, -0.05) is 19.8 Å². The van der Waals surface area contributed by atoms with Gasteiger partial charge in [0.15, 0.2) is 0 Å². The second kappa shape index (κ2) is 7.04. The molecule has 1 rings (SSSR count). The summed E-state index contributed by atoms with van der Waals surface area (Å²) < 4.78 is 0. The molecule has 1 heterocycles. The molecule has 0 unspecified atom stereocenters. The molecular formula is C12H22N4. The summed E-state index contributed by atoms with van der Waals surface area (Å²) in [6.45, 7) is 7.33. The molecule has 1 aromatic heterocycles. The summed E-state index contributed by atoms with van der Waals surface area (Å²) in [5.41, 5.74) is 0. The van der Waals surface area contributed by atoms with Gasteiger partial charge in [-0.3, -0.25) is 0 Å². The second-order valence-electron chi connectivity index (χ2n) is 4.20. The lowest BCUT2D eigenvalue weighted by Gasteiger charge is -2.10. The van der Waals surface area contributed by atoms with E-state index in [0.29, 0.717) is 12.0 Å². The van der Waals surface area contributed by atoms with Gasteiger partial charge in [-0.2, -0.15) is 4.98 Å². The summed E-state index contributed by atoms with van der Waals surface area (Å²) in [4.78, 5) is 8.56. The predicted molar refractivity (Wildman–Crippen MR) is 68.8 cm³/mol. The predicted octanol–water partition coefficient (Wildman–Crippen LogP) is 2.90. The van der Waals surface area contributed by atoms with Crippen molar-refractivity contribution >= 4 is 11.8 Å². The first-order valence-corrected chi connectivity index (χ1v) is 6.06. The minimum absolute atomic E-state index is 0.392. The summed E-state index contributed by atoms with van der Waals surface area (Å²) in [7, 11) is 0. The number of hydrogen-bond donors (Lipinski definition) is 2. The third-order valence-electron chi connectivity index (χ3n) is 2.16. The van der Waals surface area contributed by atoms with Gasteiger partial charge in [-0.25, -0.2) is 4.98 Å². The molecule has 0 saturated carbocycles. The van der Waals surface area contributed by atoms with Crippen molar-refractivity contribution in [1.82, 2.24) is 9.97 Å². The van der Waals surface area contributed by atoms with Crippen LogP contribution in [0.25, 0.3) is 0 Å². The summed E-state index contributed by atoms with van der Waals surface area (Å²) in [5, 5.41) is 6.49. The highest BCUT2D eigenvalue weighted by atomic mass is 15.1. The average Bonchev–Trinajstić information content (AvgIpc) is 2.24. The number of unbranched alkanes of at least 4 members (excludes halogenated alkanes) is 2. The molecule has 0 atom stereocenters. The highest BCUT2D eigenvalue weighted by molar-refractivity contribution is 5.39. The van der Waals surface area contributed by atoms with Crippen LogP contribution in [-0.4, -0.2) is 22.6 Å². The highest BCUT2D eigenvalue weighted by Gasteiger charge is 1.99. The van der Waals surface area contributed by atoms with Crippen molar-refractivity contribution in [3.05, 3.63) is 12.3 Å². The maximum absolute atomic E-state index is 4.38. The summed E-state index contributed by atoms with van der Waals surface area (Å²) in [6, 6.07) is 2.28. The van der Waals surface area contributed by atoms with Gasteiger partial charge in [0.2, 0.25) is 5.95 Å². The average molecular weight is 222 g/mol. The minimum atomic E-state index is 0.392. The first-order valence-electron chi connectivity index (χ1n) is 6.06. The molecule has 0 aliphatic heterocycles. The first-order chi connectivity index (χ1) is 7.72. The zero-order valence-electron chi connectivity index (χ0n) is 10.5. The Hall–Kier alpha value is -1.32. The molecule has 2 N–H and O–H groups in total. The van der Waals surface area contributed by atoms with Crippen LogP contribution >= 0.6 is 0 Å². The number of hydrogen-bond acceptors (Lipinski definition) is 4. The summed E-state index contributed by atoms with van der Waals surface area (Å²) in [5.74, 6) is 1.59. The van der Waals surface area contributed by atoms with Crippen LogP contribution in [0.5, 0.6) is 0 Å². The largest absolute Gasteiger partial charge is 0.368 e. The van der Waals surface area contributed by atoms with Crippen LogP contribution < -0.4 is 10.6 Å². The molecule has 0 spiro atoms. The van der Waals surface area contributed by atoms with Gasteiger partial charge in [0.05, 0.1) is 0 Å². The SMILES string of the molecule is CCCCCNc1nccc(NC(C)C)n1. The number of aromatic nitrogens is 2. The van der Waals surface area contributed by atoms with E-state index in [9.17, 15) is 0 Å². The van der Waals surface area contributed by atoms with Crippen molar-refractivity contribution in [2.24, 2.45) is 0 Å². The fourth-order valence-corrected chi connectivity index (χ4v) is 1.40. The molecule has 16 heavy (non-hydrogen) atoms. The Morgan fingerprint density at radius 1 is 1.31 bits per heavy atom. The van der Waals surface area contributed by atoms with E-state index in [-0.39, 0.29) is 0 Å². The molecule has 0 aliphatic rings. The smallest absolute Gasteiger partial charge is 0.224 e. The van der Waals surface area contributed by atoms with Crippen molar-refractivity contribution in [2.75, 3.05) is 17.2 Å². The number of nitrogens with one attached hydrogen (secondary N) is 2. The fraction of sp³-hybridized carbons (Fsp3) is 0.667. The highest BCUT2D eigenvalue weighted by Crippen LogP contribution is 2.07. The minimum Gasteiger partial charge on any atom is -0.368 e. The summed E-state index contributed by atoms with van der Waals surface area (Å²) in [6.07, 6.45) is 5.43. The van der Waals surface area contributed by atoms with Gasteiger partial charge in [0.25, 0.3) is 0 Å². The molecule has 0 bridgehead atoms. The third kappa shape index (κ3) is 4.96. The number of rotatable bonds is 7. The Morgan fingerprint density at radius 3 is 2.81 bits per heavy atom. The van der Waals surface area contributed by atoms with Gasteiger partial charge >= 0.3 is 0 Å². The van der Waals surface area contributed by atoms with Crippen LogP contribution in [0.1, 0.15) is 40.0 Å². The molecular weight excluding hydrogens is 200 g/mol. The normalized spacial score (nSPS) is 10.5. The number of nitrogens with zero attached hydrogens (tertiary/aromatic N) is 2. The van der Waals surface area contributed by atoms with Gasteiger partial charge in [-0.15, -0.1) is 0 Å². The lowest BCUT2D eigenvalue weighted by atomic mass is 10.2.